The molecule has 0 bridgehead atoms. The second-order valence-corrected chi connectivity index (χ2v) is 8.42. The highest BCUT2D eigenvalue weighted by molar-refractivity contribution is 7.92. The third-order valence-electron chi connectivity index (χ3n) is 4.08. The fraction of sp³-hybridized carbons (Fsp3) is 1.00. The van der Waals surface area contributed by atoms with Crippen LogP contribution in [0.15, 0.2) is 0 Å². The lowest BCUT2D eigenvalue weighted by Crippen LogP contribution is -2.37. The minimum atomic E-state index is -2.90. The molecule has 0 saturated heterocycles. The van der Waals surface area contributed by atoms with Crippen LogP contribution in [0.25, 0.3) is 0 Å². The minimum absolute atomic E-state index is 0.120. The largest absolute Gasteiger partial charge is 0.314 e. The first-order chi connectivity index (χ1) is 8.38. The SMILES string of the molecule is CCCNC1CCC(S(=O)(=O)CCC(C)C)C1C. The molecular weight excluding hydrogens is 246 g/mol. The molecule has 3 nitrogen and oxygen atoms in total. The zero-order valence-corrected chi connectivity index (χ0v) is 13.1. The summed E-state index contributed by atoms with van der Waals surface area (Å²) < 4.78 is 24.7. The van der Waals surface area contributed by atoms with Gasteiger partial charge in [0.2, 0.25) is 0 Å². The minimum Gasteiger partial charge on any atom is -0.314 e. The molecule has 3 unspecified atom stereocenters. The molecule has 0 aromatic carbocycles. The Morgan fingerprint density at radius 3 is 2.50 bits per heavy atom. The summed E-state index contributed by atoms with van der Waals surface area (Å²) in [5, 5.41) is 3.36. The van der Waals surface area contributed by atoms with Crippen LogP contribution in [0.1, 0.15) is 53.4 Å². The summed E-state index contributed by atoms with van der Waals surface area (Å²) in [6.45, 7) is 9.40. The quantitative estimate of drug-likeness (QED) is 0.777. The Morgan fingerprint density at radius 2 is 1.94 bits per heavy atom. The summed E-state index contributed by atoms with van der Waals surface area (Å²) >= 11 is 0. The van der Waals surface area contributed by atoms with E-state index in [0.29, 0.717) is 17.7 Å². The molecule has 1 aliphatic carbocycles. The lowest BCUT2D eigenvalue weighted by Gasteiger charge is -2.22. The Balaban J connectivity index is 2.57. The van der Waals surface area contributed by atoms with Crippen molar-refractivity contribution >= 4 is 9.84 Å². The van der Waals surface area contributed by atoms with E-state index in [9.17, 15) is 8.42 Å². The van der Waals surface area contributed by atoms with Gasteiger partial charge in [-0.05, 0) is 44.1 Å². The van der Waals surface area contributed by atoms with Crippen LogP contribution in [-0.4, -0.2) is 32.0 Å². The van der Waals surface area contributed by atoms with Crippen LogP contribution in [0.2, 0.25) is 0 Å². The summed E-state index contributed by atoms with van der Waals surface area (Å²) in [4.78, 5) is 0. The van der Waals surface area contributed by atoms with Crippen molar-refractivity contribution in [3.05, 3.63) is 0 Å². The molecule has 4 heteroatoms. The molecule has 1 aliphatic rings. The van der Waals surface area contributed by atoms with E-state index in [2.05, 4.69) is 33.0 Å². The van der Waals surface area contributed by atoms with Gasteiger partial charge in [0.15, 0.2) is 9.84 Å². The van der Waals surface area contributed by atoms with Crippen LogP contribution in [0.4, 0.5) is 0 Å². The summed E-state index contributed by atoms with van der Waals surface area (Å²) in [5.74, 6) is 1.08. The molecule has 3 atom stereocenters. The van der Waals surface area contributed by atoms with Gasteiger partial charge in [-0.2, -0.15) is 0 Å². The van der Waals surface area contributed by atoms with Gasteiger partial charge < -0.3 is 5.32 Å². The molecule has 0 aliphatic heterocycles. The predicted octanol–water partition coefficient (Wildman–Crippen LogP) is 2.61. The van der Waals surface area contributed by atoms with E-state index >= 15 is 0 Å². The first-order valence-corrected chi connectivity index (χ1v) is 9.05. The van der Waals surface area contributed by atoms with Gasteiger partial charge in [-0.15, -0.1) is 0 Å². The monoisotopic (exact) mass is 275 g/mol. The van der Waals surface area contributed by atoms with E-state index in [4.69, 9.17) is 0 Å². The van der Waals surface area contributed by atoms with Gasteiger partial charge >= 0.3 is 0 Å². The summed E-state index contributed by atoms with van der Waals surface area (Å²) in [5.41, 5.74) is 0. The van der Waals surface area contributed by atoms with Crippen LogP contribution in [0, 0.1) is 11.8 Å². The highest BCUT2D eigenvalue weighted by atomic mass is 32.2. The maximum Gasteiger partial charge on any atom is 0.153 e. The first kappa shape index (κ1) is 16.0. The Kier molecular flexibility index (Phi) is 6.12. The first-order valence-electron chi connectivity index (χ1n) is 7.33. The van der Waals surface area contributed by atoms with Gasteiger partial charge in [0, 0.05) is 6.04 Å². The van der Waals surface area contributed by atoms with Gasteiger partial charge in [0.25, 0.3) is 0 Å². The maximum atomic E-state index is 12.3. The molecule has 0 aromatic heterocycles. The van der Waals surface area contributed by atoms with E-state index in [1.54, 1.807) is 0 Å². The Morgan fingerprint density at radius 1 is 1.28 bits per heavy atom. The van der Waals surface area contributed by atoms with Crippen molar-refractivity contribution in [2.45, 2.75) is 64.7 Å². The number of hydrogen-bond acceptors (Lipinski definition) is 3. The van der Waals surface area contributed by atoms with Gasteiger partial charge in [-0.3, -0.25) is 0 Å². The van der Waals surface area contributed by atoms with Crippen LogP contribution in [0.5, 0.6) is 0 Å². The highest BCUT2D eigenvalue weighted by Crippen LogP contribution is 2.32. The lowest BCUT2D eigenvalue weighted by molar-refractivity contribution is 0.424. The molecular formula is C14H29NO2S. The van der Waals surface area contributed by atoms with Crippen LogP contribution < -0.4 is 5.32 Å². The van der Waals surface area contributed by atoms with Crippen LogP contribution in [0.3, 0.4) is 0 Å². The molecule has 0 radical (unpaired) electrons. The van der Waals surface area contributed by atoms with E-state index in [1.807, 2.05) is 0 Å². The van der Waals surface area contributed by atoms with Crippen molar-refractivity contribution in [2.75, 3.05) is 12.3 Å². The average molecular weight is 275 g/mol. The maximum absolute atomic E-state index is 12.3. The van der Waals surface area contributed by atoms with Gasteiger partial charge in [0.05, 0.1) is 11.0 Å². The highest BCUT2D eigenvalue weighted by Gasteiger charge is 2.40. The lowest BCUT2D eigenvalue weighted by atomic mass is 10.1. The third kappa shape index (κ3) is 4.23. The molecule has 0 spiro atoms. The van der Waals surface area contributed by atoms with E-state index in [1.165, 1.54) is 0 Å². The Hall–Kier alpha value is -0.0900. The Labute approximate surface area is 113 Å². The van der Waals surface area contributed by atoms with Gasteiger partial charge in [0.1, 0.15) is 0 Å². The molecule has 0 aromatic rings. The number of nitrogens with one attached hydrogen (secondary N) is 1. The standard InChI is InChI=1S/C14H29NO2S/c1-5-9-15-13-6-7-14(12(13)4)18(16,17)10-8-11(2)3/h11-15H,5-10H2,1-4H3. The van der Waals surface area contributed by atoms with Crippen LogP contribution in [-0.2, 0) is 9.84 Å². The third-order valence-corrected chi connectivity index (χ3v) is 6.47. The van der Waals surface area contributed by atoms with Crippen LogP contribution >= 0.6 is 0 Å². The van der Waals surface area contributed by atoms with E-state index in [-0.39, 0.29) is 11.2 Å². The summed E-state index contributed by atoms with van der Waals surface area (Å²) in [6, 6.07) is 0.392. The smallest absolute Gasteiger partial charge is 0.153 e. The fourth-order valence-electron chi connectivity index (χ4n) is 2.80. The second kappa shape index (κ2) is 6.90. The molecule has 18 heavy (non-hydrogen) atoms. The van der Waals surface area contributed by atoms with E-state index < -0.39 is 9.84 Å². The topological polar surface area (TPSA) is 46.2 Å². The normalized spacial score (nSPS) is 29.1. The molecule has 1 rings (SSSR count). The summed E-state index contributed by atoms with van der Waals surface area (Å²) in [6.07, 6.45) is 3.74. The molecule has 0 amide bonds. The number of sulfone groups is 1. The van der Waals surface area contributed by atoms with Crippen molar-refractivity contribution in [1.29, 1.82) is 0 Å². The fourth-order valence-corrected chi connectivity index (χ4v) is 5.25. The Bertz CT molecular complexity index is 338. The molecule has 1 fully saturated rings. The molecule has 108 valence electrons. The zero-order chi connectivity index (χ0) is 13.8. The van der Waals surface area contributed by atoms with Crippen molar-refractivity contribution < 1.29 is 8.42 Å². The van der Waals surface area contributed by atoms with Crippen molar-refractivity contribution in [3.8, 4) is 0 Å². The second-order valence-electron chi connectivity index (χ2n) is 6.09. The van der Waals surface area contributed by atoms with Gasteiger partial charge in [-0.25, -0.2) is 8.42 Å². The number of rotatable bonds is 7. The number of hydrogen-bond donors (Lipinski definition) is 1. The van der Waals surface area contributed by atoms with Crippen molar-refractivity contribution in [2.24, 2.45) is 11.8 Å². The van der Waals surface area contributed by atoms with Gasteiger partial charge in [-0.1, -0.05) is 27.7 Å². The zero-order valence-electron chi connectivity index (χ0n) is 12.3. The summed E-state index contributed by atoms with van der Waals surface area (Å²) in [7, 11) is -2.90. The van der Waals surface area contributed by atoms with E-state index in [0.717, 1.165) is 32.2 Å². The molecule has 1 N–H and O–H groups in total. The molecule has 0 heterocycles. The molecule has 1 saturated carbocycles. The average Bonchev–Trinajstić information content (AvgIpc) is 2.66. The van der Waals surface area contributed by atoms with Crippen molar-refractivity contribution in [1.82, 2.24) is 5.32 Å². The van der Waals surface area contributed by atoms with Crippen molar-refractivity contribution in [3.63, 3.8) is 0 Å². The predicted molar refractivity (Wildman–Crippen MR) is 77.5 cm³/mol.